The van der Waals surface area contributed by atoms with Crippen molar-refractivity contribution in [3.05, 3.63) is 29.8 Å². The zero-order chi connectivity index (χ0) is 14.7. The van der Waals surface area contributed by atoms with Crippen molar-refractivity contribution in [2.45, 2.75) is 32.2 Å². The first-order chi connectivity index (χ1) is 9.49. The number of carboxylic acid groups (broad SMARTS) is 1. The molecule has 1 amide bonds. The Labute approximate surface area is 118 Å². The topological polar surface area (TPSA) is 83.6 Å². The van der Waals surface area contributed by atoms with Crippen molar-refractivity contribution in [2.24, 2.45) is 5.92 Å². The Morgan fingerprint density at radius 3 is 2.55 bits per heavy atom. The van der Waals surface area contributed by atoms with E-state index in [1.807, 2.05) is 31.2 Å². The molecule has 1 aliphatic rings. The molecule has 2 atom stereocenters. The van der Waals surface area contributed by atoms with Gasteiger partial charge in [0.1, 0.15) is 0 Å². The molecule has 1 aromatic carbocycles. The van der Waals surface area contributed by atoms with Crippen LogP contribution < -0.4 is 5.73 Å². The van der Waals surface area contributed by atoms with Crippen LogP contribution in [0.15, 0.2) is 24.3 Å². The van der Waals surface area contributed by atoms with Crippen LogP contribution in [-0.2, 0) is 16.0 Å². The van der Waals surface area contributed by atoms with E-state index < -0.39 is 11.9 Å². The Morgan fingerprint density at radius 2 is 2.00 bits per heavy atom. The van der Waals surface area contributed by atoms with Gasteiger partial charge in [0, 0.05) is 24.7 Å². The number of carbonyl (C=O) groups is 2. The van der Waals surface area contributed by atoms with Gasteiger partial charge in [0.25, 0.3) is 0 Å². The zero-order valence-electron chi connectivity index (χ0n) is 11.6. The van der Waals surface area contributed by atoms with Crippen molar-refractivity contribution in [3.8, 4) is 0 Å². The summed E-state index contributed by atoms with van der Waals surface area (Å²) in [6.45, 7) is 2.35. The average molecular weight is 276 g/mol. The van der Waals surface area contributed by atoms with Crippen LogP contribution in [0.25, 0.3) is 0 Å². The summed E-state index contributed by atoms with van der Waals surface area (Å²) >= 11 is 0. The maximum absolute atomic E-state index is 12.2. The molecule has 2 rings (SSSR count). The molecule has 0 aliphatic carbocycles. The van der Waals surface area contributed by atoms with Gasteiger partial charge in [0.15, 0.2) is 0 Å². The van der Waals surface area contributed by atoms with Crippen LogP contribution in [-0.4, -0.2) is 34.5 Å². The van der Waals surface area contributed by atoms with Crippen LogP contribution in [0.3, 0.4) is 0 Å². The summed E-state index contributed by atoms with van der Waals surface area (Å²) in [4.78, 5) is 24.9. The minimum absolute atomic E-state index is 0.0260. The Balaban J connectivity index is 1.89. The standard InChI is InChI=1S/C15H20N2O3/c1-10-13(15(19)20)8-9-17(10)14(18)7-4-11-2-5-12(16)6-3-11/h2-3,5-6,10,13H,4,7-9,16H2,1H3,(H,19,20). The number of likely N-dealkylation sites (tertiary alicyclic amines) is 1. The first-order valence-corrected chi connectivity index (χ1v) is 6.85. The molecule has 2 unspecified atom stereocenters. The number of carbonyl (C=O) groups excluding carboxylic acids is 1. The Morgan fingerprint density at radius 1 is 1.35 bits per heavy atom. The third-order valence-electron chi connectivity index (χ3n) is 4.00. The second-order valence-corrected chi connectivity index (χ2v) is 5.30. The predicted octanol–water partition coefficient (Wildman–Crippen LogP) is 1.52. The van der Waals surface area contributed by atoms with Gasteiger partial charge in [0.05, 0.1) is 5.92 Å². The normalized spacial score (nSPS) is 21.9. The minimum atomic E-state index is -0.814. The number of amides is 1. The van der Waals surface area contributed by atoms with Gasteiger partial charge >= 0.3 is 5.97 Å². The highest BCUT2D eigenvalue weighted by atomic mass is 16.4. The van der Waals surface area contributed by atoms with Gasteiger partial charge in [-0.3, -0.25) is 9.59 Å². The summed E-state index contributed by atoms with van der Waals surface area (Å²) in [5.41, 5.74) is 7.38. The van der Waals surface area contributed by atoms with Crippen molar-refractivity contribution in [1.82, 2.24) is 4.90 Å². The number of nitrogens with two attached hydrogens (primary N) is 1. The maximum Gasteiger partial charge on any atom is 0.308 e. The molecule has 108 valence electrons. The van der Waals surface area contributed by atoms with Crippen LogP contribution >= 0.6 is 0 Å². The van der Waals surface area contributed by atoms with Crippen LogP contribution in [0.2, 0.25) is 0 Å². The lowest BCUT2D eigenvalue weighted by atomic mass is 10.0. The van der Waals surface area contributed by atoms with Crippen molar-refractivity contribution in [2.75, 3.05) is 12.3 Å². The van der Waals surface area contributed by atoms with Crippen molar-refractivity contribution >= 4 is 17.6 Å². The van der Waals surface area contributed by atoms with E-state index in [0.717, 1.165) is 5.56 Å². The van der Waals surface area contributed by atoms with E-state index in [1.165, 1.54) is 0 Å². The van der Waals surface area contributed by atoms with Crippen molar-refractivity contribution < 1.29 is 14.7 Å². The van der Waals surface area contributed by atoms with Crippen LogP contribution in [0, 0.1) is 5.92 Å². The largest absolute Gasteiger partial charge is 0.481 e. The van der Waals surface area contributed by atoms with E-state index in [9.17, 15) is 9.59 Å². The Bertz CT molecular complexity index is 498. The first kappa shape index (κ1) is 14.4. The molecule has 1 aliphatic heterocycles. The van der Waals surface area contributed by atoms with Crippen molar-refractivity contribution in [1.29, 1.82) is 0 Å². The highest BCUT2D eigenvalue weighted by molar-refractivity contribution is 5.79. The van der Waals surface area contributed by atoms with Gasteiger partial charge in [-0.2, -0.15) is 0 Å². The molecule has 5 heteroatoms. The van der Waals surface area contributed by atoms with Gasteiger partial charge in [-0.05, 0) is 37.5 Å². The fourth-order valence-electron chi connectivity index (χ4n) is 2.70. The molecule has 0 spiro atoms. The molecule has 0 aromatic heterocycles. The number of nitrogens with zero attached hydrogens (tertiary/aromatic N) is 1. The highest BCUT2D eigenvalue weighted by Gasteiger charge is 2.37. The maximum atomic E-state index is 12.2. The summed E-state index contributed by atoms with van der Waals surface area (Å²) < 4.78 is 0. The fourth-order valence-corrected chi connectivity index (χ4v) is 2.70. The minimum Gasteiger partial charge on any atom is -0.481 e. The molecule has 1 heterocycles. The molecule has 1 fully saturated rings. The molecule has 0 bridgehead atoms. The third-order valence-corrected chi connectivity index (χ3v) is 4.00. The van der Waals surface area contributed by atoms with Gasteiger partial charge in [-0.1, -0.05) is 12.1 Å². The van der Waals surface area contributed by atoms with Crippen molar-refractivity contribution in [3.63, 3.8) is 0 Å². The molecule has 5 nitrogen and oxygen atoms in total. The summed E-state index contributed by atoms with van der Waals surface area (Å²) in [5.74, 6) is -1.22. The first-order valence-electron chi connectivity index (χ1n) is 6.85. The van der Waals surface area contributed by atoms with Crippen LogP contribution in [0.5, 0.6) is 0 Å². The van der Waals surface area contributed by atoms with E-state index in [2.05, 4.69) is 0 Å². The molecule has 0 radical (unpaired) electrons. The van der Waals surface area contributed by atoms with E-state index in [-0.39, 0.29) is 11.9 Å². The number of aliphatic carboxylic acids is 1. The van der Waals surface area contributed by atoms with Crippen LogP contribution in [0.4, 0.5) is 5.69 Å². The fraction of sp³-hybridized carbons (Fsp3) is 0.467. The smallest absolute Gasteiger partial charge is 0.308 e. The third kappa shape index (κ3) is 3.10. The van der Waals surface area contributed by atoms with Gasteiger partial charge < -0.3 is 15.7 Å². The molecular weight excluding hydrogens is 256 g/mol. The SMILES string of the molecule is CC1C(C(=O)O)CCN1C(=O)CCc1ccc(N)cc1. The lowest BCUT2D eigenvalue weighted by Gasteiger charge is -2.23. The number of benzene rings is 1. The molecule has 20 heavy (non-hydrogen) atoms. The van der Waals surface area contributed by atoms with E-state index in [1.54, 1.807) is 4.90 Å². The average Bonchev–Trinajstić information content (AvgIpc) is 2.80. The molecule has 1 aromatic rings. The second-order valence-electron chi connectivity index (χ2n) is 5.30. The number of hydrogen-bond acceptors (Lipinski definition) is 3. The summed E-state index contributed by atoms with van der Waals surface area (Å²) in [5, 5.41) is 9.07. The van der Waals surface area contributed by atoms with E-state index in [4.69, 9.17) is 10.8 Å². The van der Waals surface area contributed by atoms with Crippen LogP contribution in [0.1, 0.15) is 25.3 Å². The summed E-state index contributed by atoms with van der Waals surface area (Å²) in [6.07, 6.45) is 1.60. The summed E-state index contributed by atoms with van der Waals surface area (Å²) in [6, 6.07) is 7.25. The highest BCUT2D eigenvalue weighted by Crippen LogP contribution is 2.25. The number of rotatable bonds is 4. The van der Waals surface area contributed by atoms with Gasteiger partial charge in [-0.15, -0.1) is 0 Å². The number of nitrogen functional groups attached to an aromatic ring is 1. The summed E-state index contributed by atoms with van der Waals surface area (Å²) in [7, 11) is 0. The second kappa shape index (κ2) is 5.94. The monoisotopic (exact) mass is 276 g/mol. The van der Waals surface area contributed by atoms with E-state index in [0.29, 0.717) is 31.5 Å². The number of anilines is 1. The molecule has 3 N–H and O–H groups in total. The zero-order valence-corrected chi connectivity index (χ0v) is 11.6. The lowest BCUT2D eigenvalue weighted by molar-refractivity contribution is -0.143. The number of hydrogen-bond donors (Lipinski definition) is 2. The molecule has 1 saturated heterocycles. The van der Waals surface area contributed by atoms with Gasteiger partial charge in [0.2, 0.25) is 5.91 Å². The van der Waals surface area contributed by atoms with E-state index >= 15 is 0 Å². The Hall–Kier alpha value is -2.04. The quantitative estimate of drug-likeness (QED) is 0.817. The molecular formula is C15H20N2O3. The molecule has 0 saturated carbocycles. The predicted molar refractivity (Wildman–Crippen MR) is 76.1 cm³/mol. The number of carboxylic acids is 1. The Kier molecular flexibility index (Phi) is 4.27. The lowest BCUT2D eigenvalue weighted by Crippen LogP contribution is -2.37. The number of aryl methyl sites for hydroxylation is 1. The van der Waals surface area contributed by atoms with Gasteiger partial charge in [-0.25, -0.2) is 0 Å².